The van der Waals surface area contributed by atoms with Crippen molar-refractivity contribution in [3.05, 3.63) is 58.5 Å². The molecule has 19 heavy (non-hydrogen) atoms. The second-order valence-electron chi connectivity index (χ2n) is 4.79. The number of benzene rings is 1. The average molecular weight is 278 g/mol. The van der Waals surface area contributed by atoms with Gasteiger partial charge in [-0.15, -0.1) is 0 Å². The Kier molecular flexibility index (Phi) is 5.06. The molecule has 1 N–H and O–H groups in total. The number of furan rings is 1. The molecule has 1 atom stereocenters. The molecule has 2 nitrogen and oxygen atoms in total. The number of nitrogens with one attached hydrogen (secondary N) is 1. The lowest BCUT2D eigenvalue weighted by Crippen LogP contribution is -2.20. The van der Waals surface area contributed by atoms with Crippen molar-refractivity contribution in [2.45, 2.75) is 39.3 Å². The van der Waals surface area contributed by atoms with E-state index in [1.54, 1.807) is 0 Å². The van der Waals surface area contributed by atoms with E-state index < -0.39 is 0 Å². The van der Waals surface area contributed by atoms with E-state index in [4.69, 9.17) is 16.0 Å². The van der Waals surface area contributed by atoms with E-state index in [0.717, 1.165) is 35.9 Å². The summed E-state index contributed by atoms with van der Waals surface area (Å²) in [6.45, 7) is 4.91. The van der Waals surface area contributed by atoms with Gasteiger partial charge in [0.2, 0.25) is 0 Å². The smallest absolute Gasteiger partial charge is 0.117 e. The van der Waals surface area contributed by atoms with Gasteiger partial charge in [0.15, 0.2) is 0 Å². The summed E-state index contributed by atoms with van der Waals surface area (Å²) in [5, 5.41) is 4.33. The third kappa shape index (κ3) is 4.12. The lowest BCUT2D eigenvalue weighted by Gasteiger charge is -2.18. The Morgan fingerprint density at radius 3 is 2.47 bits per heavy atom. The van der Waals surface area contributed by atoms with Crippen molar-refractivity contribution in [3.8, 4) is 0 Å². The van der Waals surface area contributed by atoms with Crippen LogP contribution >= 0.6 is 11.6 Å². The highest BCUT2D eigenvalue weighted by Gasteiger charge is 2.10. The van der Waals surface area contributed by atoms with Crippen LogP contribution in [0.15, 0.2) is 40.8 Å². The van der Waals surface area contributed by atoms with Gasteiger partial charge in [0.05, 0.1) is 6.54 Å². The fraction of sp³-hybridized carbons (Fsp3) is 0.375. The summed E-state index contributed by atoms with van der Waals surface area (Å²) in [5.41, 5.74) is 1.27. The number of halogens is 1. The molecule has 2 rings (SSSR count). The summed E-state index contributed by atoms with van der Waals surface area (Å²) in [6.07, 6.45) is 2.23. The molecule has 0 fully saturated rings. The monoisotopic (exact) mass is 277 g/mol. The zero-order chi connectivity index (χ0) is 13.7. The van der Waals surface area contributed by atoms with Crippen LogP contribution in [-0.2, 0) is 6.54 Å². The molecule has 0 radical (unpaired) electrons. The van der Waals surface area contributed by atoms with Crippen LogP contribution in [0.25, 0.3) is 0 Å². The van der Waals surface area contributed by atoms with Crippen molar-refractivity contribution in [1.82, 2.24) is 5.32 Å². The van der Waals surface area contributed by atoms with Gasteiger partial charge in [-0.25, -0.2) is 0 Å². The molecular weight excluding hydrogens is 258 g/mol. The minimum absolute atomic E-state index is 0.340. The molecule has 0 aliphatic carbocycles. The van der Waals surface area contributed by atoms with Gasteiger partial charge >= 0.3 is 0 Å². The summed E-state index contributed by atoms with van der Waals surface area (Å²) < 4.78 is 5.58. The summed E-state index contributed by atoms with van der Waals surface area (Å²) in [4.78, 5) is 0. The van der Waals surface area contributed by atoms with E-state index in [9.17, 15) is 0 Å². The maximum atomic E-state index is 5.93. The zero-order valence-corrected chi connectivity index (χ0v) is 12.2. The van der Waals surface area contributed by atoms with E-state index in [1.165, 1.54) is 5.56 Å². The van der Waals surface area contributed by atoms with E-state index in [0.29, 0.717) is 6.04 Å². The molecule has 3 heteroatoms. The highest BCUT2D eigenvalue weighted by atomic mass is 35.5. The third-order valence-electron chi connectivity index (χ3n) is 3.17. The topological polar surface area (TPSA) is 25.2 Å². The van der Waals surface area contributed by atoms with Crippen molar-refractivity contribution in [2.75, 3.05) is 0 Å². The highest BCUT2D eigenvalue weighted by molar-refractivity contribution is 6.30. The van der Waals surface area contributed by atoms with Gasteiger partial charge < -0.3 is 9.73 Å². The first-order chi connectivity index (χ1) is 9.19. The first-order valence-corrected chi connectivity index (χ1v) is 7.11. The number of hydrogen-bond donors (Lipinski definition) is 1. The fourth-order valence-corrected chi connectivity index (χ4v) is 2.30. The normalized spacial score (nSPS) is 12.6. The molecule has 0 amide bonds. The van der Waals surface area contributed by atoms with Gasteiger partial charge in [-0.05, 0) is 43.2 Å². The minimum atomic E-state index is 0.340. The van der Waals surface area contributed by atoms with Crippen LogP contribution in [0.1, 0.15) is 42.9 Å². The Balaban J connectivity index is 2.01. The molecule has 1 unspecified atom stereocenters. The van der Waals surface area contributed by atoms with E-state index in [1.807, 2.05) is 31.2 Å². The molecular formula is C16H20ClNO. The van der Waals surface area contributed by atoms with Crippen molar-refractivity contribution < 1.29 is 4.42 Å². The summed E-state index contributed by atoms with van der Waals surface area (Å²) in [5.74, 6) is 1.93. The van der Waals surface area contributed by atoms with Crippen LogP contribution in [0.2, 0.25) is 5.02 Å². The molecule has 0 aliphatic heterocycles. The van der Waals surface area contributed by atoms with E-state index >= 15 is 0 Å². The molecule has 0 bridgehead atoms. The largest absolute Gasteiger partial charge is 0.465 e. The Labute approximate surface area is 119 Å². The molecule has 1 aromatic carbocycles. The predicted molar refractivity (Wildman–Crippen MR) is 79.4 cm³/mol. The van der Waals surface area contributed by atoms with Gasteiger partial charge in [0.25, 0.3) is 0 Å². The molecule has 0 aliphatic rings. The number of hydrogen-bond acceptors (Lipinski definition) is 2. The highest BCUT2D eigenvalue weighted by Crippen LogP contribution is 2.21. The Morgan fingerprint density at radius 1 is 1.16 bits per heavy atom. The van der Waals surface area contributed by atoms with Gasteiger partial charge in [0, 0.05) is 11.1 Å². The fourth-order valence-electron chi connectivity index (χ4n) is 2.17. The van der Waals surface area contributed by atoms with Crippen LogP contribution in [0.4, 0.5) is 0 Å². The lowest BCUT2D eigenvalue weighted by atomic mass is 10.0. The minimum Gasteiger partial charge on any atom is -0.465 e. The van der Waals surface area contributed by atoms with Crippen LogP contribution < -0.4 is 5.32 Å². The van der Waals surface area contributed by atoms with Gasteiger partial charge in [-0.1, -0.05) is 37.1 Å². The van der Waals surface area contributed by atoms with Crippen molar-refractivity contribution in [3.63, 3.8) is 0 Å². The molecule has 1 heterocycles. The molecule has 1 aromatic heterocycles. The molecule has 0 saturated heterocycles. The number of rotatable bonds is 6. The Bertz CT molecular complexity index is 504. The first-order valence-electron chi connectivity index (χ1n) is 6.73. The van der Waals surface area contributed by atoms with Gasteiger partial charge in [-0.2, -0.15) is 0 Å². The lowest BCUT2D eigenvalue weighted by molar-refractivity contribution is 0.423. The van der Waals surface area contributed by atoms with Gasteiger partial charge in [0.1, 0.15) is 11.5 Å². The van der Waals surface area contributed by atoms with Crippen LogP contribution in [0, 0.1) is 6.92 Å². The first kappa shape index (κ1) is 14.2. The zero-order valence-electron chi connectivity index (χ0n) is 11.4. The maximum Gasteiger partial charge on any atom is 0.117 e. The predicted octanol–water partition coefficient (Wildman–Crippen LogP) is 4.87. The Hall–Kier alpha value is -1.25. The molecule has 0 spiro atoms. The molecule has 102 valence electrons. The molecule has 0 saturated carbocycles. The average Bonchev–Trinajstić information content (AvgIpc) is 2.81. The second-order valence-corrected chi connectivity index (χ2v) is 5.22. The van der Waals surface area contributed by atoms with Crippen LogP contribution in [0.3, 0.4) is 0 Å². The van der Waals surface area contributed by atoms with Crippen LogP contribution in [-0.4, -0.2) is 0 Å². The second kappa shape index (κ2) is 6.78. The number of aryl methyl sites for hydroxylation is 1. The van der Waals surface area contributed by atoms with Crippen molar-refractivity contribution in [2.24, 2.45) is 0 Å². The van der Waals surface area contributed by atoms with Crippen molar-refractivity contribution >= 4 is 11.6 Å². The van der Waals surface area contributed by atoms with Gasteiger partial charge in [-0.3, -0.25) is 0 Å². The van der Waals surface area contributed by atoms with Crippen molar-refractivity contribution in [1.29, 1.82) is 0 Å². The maximum absolute atomic E-state index is 5.93. The quantitative estimate of drug-likeness (QED) is 0.815. The summed E-state index contributed by atoms with van der Waals surface area (Å²) in [7, 11) is 0. The summed E-state index contributed by atoms with van der Waals surface area (Å²) >= 11 is 5.93. The van der Waals surface area contributed by atoms with E-state index in [-0.39, 0.29) is 0 Å². The molecule has 2 aromatic rings. The van der Waals surface area contributed by atoms with Crippen LogP contribution in [0.5, 0.6) is 0 Å². The van der Waals surface area contributed by atoms with E-state index in [2.05, 4.69) is 24.4 Å². The standard InChI is InChI=1S/C16H20ClNO/c1-3-4-16(13-6-8-14(17)9-7-13)18-11-15-10-5-12(2)19-15/h5-10,16,18H,3-4,11H2,1-2H3. The summed E-state index contributed by atoms with van der Waals surface area (Å²) in [6, 6.07) is 12.4. The SMILES string of the molecule is CCCC(NCc1ccc(C)o1)c1ccc(Cl)cc1. The third-order valence-corrected chi connectivity index (χ3v) is 3.42. The Morgan fingerprint density at radius 2 is 1.89 bits per heavy atom.